The first-order valence-electron chi connectivity index (χ1n) is 5.56. The molecule has 0 spiro atoms. The van der Waals surface area contributed by atoms with Gasteiger partial charge in [0.15, 0.2) is 0 Å². The normalized spacial score (nSPS) is 24.8. The fraction of sp³-hybridized carbons (Fsp3) is 0.833. The molecule has 1 aliphatic carbocycles. The third-order valence-electron chi connectivity index (χ3n) is 3.17. The van der Waals surface area contributed by atoms with Gasteiger partial charge in [0.1, 0.15) is 0 Å². The molecule has 1 rings (SSSR count). The molecule has 1 aliphatic rings. The largest absolute Gasteiger partial charge is 0.392 e. The Balaban J connectivity index is 2.39. The van der Waals surface area contributed by atoms with Gasteiger partial charge in [-0.1, -0.05) is 38.3 Å². The summed E-state index contributed by atoms with van der Waals surface area (Å²) in [4.78, 5) is 0. The zero-order chi connectivity index (χ0) is 9.68. The SMILES string of the molecule is C/C=C/[C@@H](C)[C@H](O)C1CCCCC1. The second kappa shape index (κ2) is 5.43. The minimum atomic E-state index is -0.114. The lowest BCUT2D eigenvalue weighted by atomic mass is 9.81. The van der Waals surface area contributed by atoms with Crippen molar-refractivity contribution in [2.75, 3.05) is 0 Å². The van der Waals surface area contributed by atoms with Crippen LogP contribution >= 0.6 is 0 Å². The Kier molecular flexibility index (Phi) is 4.51. The molecule has 1 N–H and O–H groups in total. The van der Waals surface area contributed by atoms with E-state index in [1.165, 1.54) is 32.1 Å². The molecule has 0 aliphatic heterocycles. The van der Waals surface area contributed by atoms with Crippen molar-refractivity contribution in [1.29, 1.82) is 0 Å². The summed E-state index contributed by atoms with van der Waals surface area (Å²) in [7, 11) is 0. The van der Waals surface area contributed by atoms with Crippen LogP contribution in [0.25, 0.3) is 0 Å². The van der Waals surface area contributed by atoms with Gasteiger partial charge >= 0.3 is 0 Å². The fourth-order valence-electron chi connectivity index (χ4n) is 2.32. The summed E-state index contributed by atoms with van der Waals surface area (Å²) in [5.74, 6) is 0.882. The standard InChI is InChI=1S/C12H22O/c1-3-7-10(2)12(13)11-8-5-4-6-9-11/h3,7,10-13H,4-6,8-9H2,1-2H3/b7-3+/t10-,12+/m1/s1. The van der Waals surface area contributed by atoms with Crippen LogP contribution in [0.5, 0.6) is 0 Å². The molecule has 1 heteroatoms. The highest BCUT2D eigenvalue weighted by atomic mass is 16.3. The summed E-state index contributed by atoms with van der Waals surface area (Å²) >= 11 is 0. The number of hydrogen-bond donors (Lipinski definition) is 1. The van der Waals surface area contributed by atoms with Crippen molar-refractivity contribution in [2.45, 2.75) is 52.1 Å². The molecule has 0 radical (unpaired) electrons. The smallest absolute Gasteiger partial charge is 0.0628 e. The summed E-state index contributed by atoms with van der Waals surface area (Å²) in [6.07, 6.45) is 10.5. The Hall–Kier alpha value is -0.300. The van der Waals surface area contributed by atoms with E-state index in [4.69, 9.17) is 0 Å². The van der Waals surface area contributed by atoms with Gasteiger partial charge < -0.3 is 5.11 Å². The van der Waals surface area contributed by atoms with Crippen LogP contribution in [0.1, 0.15) is 46.0 Å². The van der Waals surface area contributed by atoms with E-state index in [-0.39, 0.29) is 6.10 Å². The van der Waals surface area contributed by atoms with Crippen molar-refractivity contribution in [3.05, 3.63) is 12.2 Å². The molecular formula is C12H22O. The van der Waals surface area contributed by atoms with Crippen LogP contribution in [0.3, 0.4) is 0 Å². The lowest BCUT2D eigenvalue weighted by Gasteiger charge is -2.29. The van der Waals surface area contributed by atoms with Crippen LogP contribution in [-0.2, 0) is 0 Å². The van der Waals surface area contributed by atoms with Gasteiger partial charge in [0.05, 0.1) is 6.10 Å². The highest BCUT2D eigenvalue weighted by Gasteiger charge is 2.24. The predicted molar refractivity (Wildman–Crippen MR) is 56.6 cm³/mol. The molecule has 1 fully saturated rings. The van der Waals surface area contributed by atoms with E-state index in [0.717, 1.165) is 0 Å². The van der Waals surface area contributed by atoms with Gasteiger partial charge in [-0.25, -0.2) is 0 Å². The van der Waals surface area contributed by atoms with Crippen molar-refractivity contribution >= 4 is 0 Å². The lowest BCUT2D eigenvalue weighted by molar-refractivity contribution is 0.0556. The third-order valence-corrected chi connectivity index (χ3v) is 3.17. The number of rotatable bonds is 3. The minimum Gasteiger partial charge on any atom is -0.392 e. The van der Waals surface area contributed by atoms with E-state index in [1.54, 1.807) is 0 Å². The quantitative estimate of drug-likeness (QED) is 0.665. The van der Waals surface area contributed by atoms with E-state index in [2.05, 4.69) is 13.0 Å². The topological polar surface area (TPSA) is 20.2 Å². The first-order valence-corrected chi connectivity index (χ1v) is 5.56. The first kappa shape index (κ1) is 10.8. The van der Waals surface area contributed by atoms with Crippen molar-refractivity contribution in [3.63, 3.8) is 0 Å². The maximum atomic E-state index is 10.0. The molecule has 0 aromatic rings. The average molecular weight is 182 g/mol. The number of aliphatic hydroxyl groups excluding tert-OH is 1. The summed E-state index contributed by atoms with van der Waals surface area (Å²) in [6.45, 7) is 4.13. The number of aliphatic hydroxyl groups is 1. The zero-order valence-electron chi connectivity index (χ0n) is 8.87. The molecule has 1 nitrogen and oxygen atoms in total. The minimum absolute atomic E-state index is 0.114. The van der Waals surface area contributed by atoms with Crippen molar-refractivity contribution in [2.24, 2.45) is 11.8 Å². The molecule has 13 heavy (non-hydrogen) atoms. The van der Waals surface area contributed by atoms with Gasteiger partial charge in [-0.3, -0.25) is 0 Å². The third kappa shape index (κ3) is 3.15. The van der Waals surface area contributed by atoms with Gasteiger partial charge in [-0.05, 0) is 25.7 Å². The van der Waals surface area contributed by atoms with Gasteiger partial charge in [0.2, 0.25) is 0 Å². The second-order valence-electron chi connectivity index (χ2n) is 4.27. The van der Waals surface area contributed by atoms with Crippen LogP contribution in [-0.4, -0.2) is 11.2 Å². The summed E-state index contributed by atoms with van der Waals surface area (Å²) in [5.41, 5.74) is 0. The molecule has 0 bridgehead atoms. The highest BCUT2D eigenvalue weighted by Crippen LogP contribution is 2.29. The average Bonchev–Trinajstić information content (AvgIpc) is 2.18. The molecular weight excluding hydrogens is 160 g/mol. The van der Waals surface area contributed by atoms with Crippen molar-refractivity contribution < 1.29 is 5.11 Å². The molecule has 0 aromatic heterocycles. The van der Waals surface area contributed by atoms with E-state index < -0.39 is 0 Å². The fourth-order valence-corrected chi connectivity index (χ4v) is 2.32. The highest BCUT2D eigenvalue weighted by molar-refractivity contribution is 4.90. The predicted octanol–water partition coefficient (Wildman–Crippen LogP) is 3.14. The van der Waals surface area contributed by atoms with E-state index in [1.807, 2.05) is 13.0 Å². The zero-order valence-corrected chi connectivity index (χ0v) is 8.87. The van der Waals surface area contributed by atoms with Crippen molar-refractivity contribution in [3.8, 4) is 0 Å². The number of hydrogen-bond acceptors (Lipinski definition) is 1. The molecule has 0 amide bonds. The molecule has 76 valence electrons. The second-order valence-corrected chi connectivity index (χ2v) is 4.27. The lowest BCUT2D eigenvalue weighted by Crippen LogP contribution is -2.28. The molecule has 1 saturated carbocycles. The molecule has 0 saturated heterocycles. The van der Waals surface area contributed by atoms with Gasteiger partial charge in [0, 0.05) is 5.92 Å². The first-order chi connectivity index (χ1) is 6.25. The van der Waals surface area contributed by atoms with Crippen LogP contribution in [0, 0.1) is 11.8 Å². The maximum Gasteiger partial charge on any atom is 0.0628 e. The maximum absolute atomic E-state index is 10.0. The van der Waals surface area contributed by atoms with E-state index in [0.29, 0.717) is 11.8 Å². The summed E-state index contributed by atoms with van der Waals surface area (Å²) < 4.78 is 0. The Morgan fingerprint density at radius 3 is 2.38 bits per heavy atom. The Morgan fingerprint density at radius 1 is 1.23 bits per heavy atom. The van der Waals surface area contributed by atoms with Gasteiger partial charge in [0.25, 0.3) is 0 Å². The van der Waals surface area contributed by atoms with Crippen LogP contribution in [0.15, 0.2) is 12.2 Å². The van der Waals surface area contributed by atoms with E-state index >= 15 is 0 Å². The Labute approximate surface area is 81.9 Å². The number of allylic oxidation sites excluding steroid dienone is 1. The van der Waals surface area contributed by atoms with Gasteiger partial charge in [-0.2, -0.15) is 0 Å². The molecule has 2 atom stereocenters. The van der Waals surface area contributed by atoms with Gasteiger partial charge in [-0.15, -0.1) is 0 Å². The van der Waals surface area contributed by atoms with Crippen LogP contribution in [0.2, 0.25) is 0 Å². The Bertz CT molecular complexity index is 157. The molecule has 0 heterocycles. The van der Waals surface area contributed by atoms with E-state index in [9.17, 15) is 5.11 Å². The molecule has 0 aromatic carbocycles. The van der Waals surface area contributed by atoms with Crippen LogP contribution in [0.4, 0.5) is 0 Å². The summed E-state index contributed by atoms with van der Waals surface area (Å²) in [5, 5.41) is 10.0. The summed E-state index contributed by atoms with van der Waals surface area (Å²) in [6, 6.07) is 0. The van der Waals surface area contributed by atoms with Crippen molar-refractivity contribution in [1.82, 2.24) is 0 Å². The Morgan fingerprint density at radius 2 is 1.85 bits per heavy atom. The molecule has 0 unspecified atom stereocenters. The van der Waals surface area contributed by atoms with Crippen LogP contribution < -0.4 is 0 Å². The monoisotopic (exact) mass is 182 g/mol.